The molecule has 0 radical (unpaired) electrons. The summed E-state index contributed by atoms with van der Waals surface area (Å²) in [6.45, 7) is 4.92. The normalized spacial score (nSPS) is 18.9. The molecule has 2 aliphatic carbocycles. The number of hydrogen-bond acceptors (Lipinski definition) is 5. The Morgan fingerprint density at radius 2 is 1.81 bits per heavy atom. The van der Waals surface area contributed by atoms with E-state index in [0.29, 0.717) is 35.0 Å². The molecular formula is C30H35ClN4OS. The molecule has 5 nitrogen and oxygen atoms in total. The lowest BCUT2D eigenvalue weighted by Gasteiger charge is -2.37. The van der Waals surface area contributed by atoms with Crippen LogP contribution in [0.2, 0.25) is 0 Å². The summed E-state index contributed by atoms with van der Waals surface area (Å²) in [7, 11) is 0. The summed E-state index contributed by atoms with van der Waals surface area (Å²) in [5.74, 6) is 0.758. The third-order valence-electron chi connectivity index (χ3n) is 7.74. The van der Waals surface area contributed by atoms with E-state index in [2.05, 4.69) is 45.1 Å². The molecule has 2 fully saturated rings. The van der Waals surface area contributed by atoms with E-state index in [1.807, 2.05) is 29.4 Å². The van der Waals surface area contributed by atoms with E-state index in [1.54, 1.807) is 6.08 Å². The molecule has 2 aromatic rings. The highest BCUT2D eigenvalue weighted by atomic mass is 35.5. The maximum atomic E-state index is 13.0. The van der Waals surface area contributed by atoms with Gasteiger partial charge in [0.05, 0.1) is 5.57 Å². The fourth-order valence-electron chi connectivity index (χ4n) is 5.63. The highest BCUT2D eigenvalue weighted by molar-refractivity contribution is 7.81. The summed E-state index contributed by atoms with van der Waals surface area (Å²) in [6.07, 6.45) is 14.7. The molecule has 37 heavy (non-hydrogen) atoms. The SMILES string of the molecule is O=C(C1=CC(Cl)=CCC1=S)N1CCN(c2ccc(N(Cc3cccnc3)CC3CCCCC3)cc2)CC1. The van der Waals surface area contributed by atoms with Crippen LogP contribution in [0.1, 0.15) is 44.1 Å². The molecule has 1 saturated heterocycles. The molecule has 0 atom stereocenters. The summed E-state index contributed by atoms with van der Waals surface area (Å²) < 4.78 is 0. The predicted octanol–water partition coefficient (Wildman–Crippen LogP) is 6.14. The van der Waals surface area contributed by atoms with Crippen LogP contribution in [0, 0.1) is 5.92 Å². The van der Waals surface area contributed by atoms with Crippen molar-refractivity contribution in [2.75, 3.05) is 42.5 Å². The Labute approximate surface area is 230 Å². The zero-order valence-corrected chi connectivity index (χ0v) is 22.9. The Morgan fingerprint density at radius 3 is 2.51 bits per heavy atom. The van der Waals surface area contributed by atoms with Gasteiger partial charge >= 0.3 is 0 Å². The van der Waals surface area contributed by atoms with Crippen LogP contribution in [-0.4, -0.2) is 53.4 Å². The number of aromatic nitrogens is 1. The lowest BCUT2D eigenvalue weighted by Crippen LogP contribution is -2.49. The van der Waals surface area contributed by atoms with E-state index in [1.165, 1.54) is 49.0 Å². The van der Waals surface area contributed by atoms with Crippen molar-refractivity contribution in [3.05, 3.63) is 77.1 Å². The first-order valence-corrected chi connectivity index (χ1v) is 14.2. The Kier molecular flexibility index (Phi) is 8.57. The zero-order valence-electron chi connectivity index (χ0n) is 21.3. The maximum absolute atomic E-state index is 13.0. The fourth-order valence-corrected chi connectivity index (χ4v) is 6.04. The second kappa shape index (κ2) is 12.2. The number of pyridine rings is 1. The summed E-state index contributed by atoms with van der Waals surface area (Å²) in [5.41, 5.74) is 4.28. The molecular weight excluding hydrogens is 500 g/mol. The molecule has 1 amide bonds. The first-order valence-electron chi connectivity index (χ1n) is 13.5. The van der Waals surface area contributed by atoms with E-state index >= 15 is 0 Å². The predicted molar refractivity (Wildman–Crippen MR) is 156 cm³/mol. The van der Waals surface area contributed by atoms with Gasteiger partial charge in [0.2, 0.25) is 0 Å². The number of nitrogens with zero attached hydrogens (tertiary/aromatic N) is 4. The molecule has 1 aromatic heterocycles. The van der Waals surface area contributed by atoms with Gasteiger partial charge in [-0.3, -0.25) is 9.78 Å². The molecule has 7 heteroatoms. The number of allylic oxidation sites excluding steroid dienone is 3. The lowest BCUT2D eigenvalue weighted by molar-refractivity contribution is -0.126. The van der Waals surface area contributed by atoms with Gasteiger partial charge in [-0.15, -0.1) is 0 Å². The minimum absolute atomic E-state index is 0.00000390. The summed E-state index contributed by atoms with van der Waals surface area (Å²) in [5, 5.41) is 0.594. The van der Waals surface area contributed by atoms with Gasteiger partial charge in [-0.1, -0.05) is 55.2 Å². The largest absolute Gasteiger partial charge is 0.368 e. The second-order valence-electron chi connectivity index (χ2n) is 10.3. The minimum atomic E-state index is 0.00000390. The number of hydrogen-bond donors (Lipinski definition) is 0. The molecule has 0 unspecified atom stereocenters. The number of rotatable bonds is 7. The van der Waals surface area contributed by atoms with Gasteiger partial charge in [0.25, 0.3) is 5.91 Å². The van der Waals surface area contributed by atoms with Crippen LogP contribution in [0.5, 0.6) is 0 Å². The van der Waals surface area contributed by atoms with Gasteiger partial charge in [0.1, 0.15) is 0 Å². The average molecular weight is 535 g/mol. The Morgan fingerprint density at radius 1 is 1.05 bits per heavy atom. The Bertz CT molecular complexity index is 1150. The number of benzene rings is 1. The minimum Gasteiger partial charge on any atom is -0.368 e. The van der Waals surface area contributed by atoms with Crippen LogP contribution in [0.15, 0.2) is 71.5 Å². The highest BCUT2D eigenvalue weighted by Crippen LogP contribution is 2.29. The Balaban J connectivity index is 1.23. The van der Waals surface area contributed by atoms with Crippen LogP contribution in [0.25, 0.3) is 0 Å². The van der Waals surface area contributed by atoms with Crippen molar-refractivity contribution in [2.24, 2.45) is 5.92 Å². The first-order chi connectivity index (χ1) is 18.1. The van der Waals surface area contributed by atoms with E-state index in [0.717, 1.165) is 32.1 Å². The number of piperazine rings is 1. The zero-order chi connectivity index (χ0) is 25.6. The first kappa shape index (κ1) is 25.9. The topological polar surface area (TPSA) is 39.7 Å². The molecule has 0 bridgehead atoms. The molecule has 5 rings (SSSR count). The van der Waals surface area contributed by atoms with E-state index in [-0.39, 0.29) is 5.91 Å². The Hall–Kier alpha value is -2.70. The molecule has 1 aromatic carbocycles. The van der Waals surface area contributed by atoms with Crippen molar-refractivity contribution in [1.29, 1.82) is 0 Å². The molecule has 1 aliphatic heterocycles. The number of halogens is 1. The molecule has 0 N–H and O–H groups in total. The van der Waals surface area contributed by atoms with E-state index in [4.69, 9.17) is 23.8 Å². The maximum Gasteiger partial charge on any atom is 0.255 e. The quantitative estimate of drug-likeness (QED) is 0.399. The third-order valence-corrected chi connectivity index (χ3v) is 8.39. The molecule has 3 aliphatic rings. The van der Waals surface area contributed by atoms with Gasteiger partial charge in [-0.2, -0.15) is 0 Å². The molecule has 0 spiro atoms. The number of carbonyl (C=O) groups excluding carboxylic acids is 1. The highest BCUT2D eigenvalue weighted by Gasteiger charge is 2.27. The van der Waals surface area contributed by atoms with Crippen LogP contribution in [-0.2, 0) is 11.3 Å². The van der Waals surface area contributed by atoms with Crippen molar-refractivity contribution < 1.29 is 4.79 Å². The van der Waals surface area contributed by atoms with Gasteiger partial charge < -0.3 is 14.7 Å². The molecule has 1 saturated carbocycles. The monoisotopic (exact) mass is 534 g/mol. The fraction of sp³-hybridized carbons (Fsp3) is 0.433. The van der Waals surface area contributed by atoms with Gasteiger partial charge in [0, 0.05) is 79.4 Å². The van der Waals surface area contributed by atoms with E-state index in [9.17, 15) is 4.79 Å². The summed E-state index contributed by atoms with van der Waals surface area (Å²) in [6, 6.07) is 13.2. The van der Waals surface area contributed by atoms with Crippen LogP contribution in [0.4, 0.5) is 11.4 Å². The van der Waals surface area contributed by atoms with Crippen LogP contribution in [0.3, 0.4) is 0 Å². The number of carbonyl (C=O) groups is 1. The second-order valence-corrected chi connectivity index (χ2v) is 11.2. The van der Waals surface area contributed by atoms with Crippen molar-refractivity contribution >= 4 is 46.0 Å². The third kappa shape index (κ3) is 6.60. The van der Waals surface area contributed by atoms with Crippen LogP contribution < -0.4 is 9.80 Å². The van der Waals surface area contributed by atoms with Crippen molar-refractivity contribution in [1.82, 2.24) is 9.88 Å². The average Bonchev–Trinajstić information content (AvgIpc) is 2.95. The molecule has 2 heterocycles. The molecule has 194 valence electrons. The van der Waals surface area contributed by atoms with Crippen molar-refractivity contribution in [2.45, 2.75) is 45.1 Å². The number of thiocarbonyl (C=S) groups is 1. The summed E-state index contributed by atoms with van der Waals surface area (Å²) in [4.78, 5) is 24.8. The number of anilines is 2. The smallest absolute Gasteiger partial charge is 0.255 e. The van der Waals surface area contributed by atoms with Crippen molar-refractivity contribution in [3.63, 3.8) is 0 Å². The lowest BCUT2D eigenvalue weighted by atomic mass is 9.88. The van der Waals surface area contributed by atoms with Crippen molar-refractivity contribution in [3.8, 4) is 0 Å². The summed E-state index contributed by atoms with van der Waals surface area (Å²) >= 11 is 11.6. The van der Waals surface area contributed by atoms with Crippen LogP contribution >= 0.6 is 23.8 Å². The van der Waals surface area contributed by atoms with E-state index < -0.39 is 0 Å². The van der Waals surface area contributed by atoms with Gasteiger partial charge in [-0.05, 0) is 60.7 Å². The van der Waals surface area contributed by atoms with Gasteiger partial charge in [0.15, 0.2) is 0 Å². The standard InChI is InChI=1S/C30H35ClN4OS/c31-25-8-13-29(37)28(19-25)30(36)34-17-15-33(16-18-34)26-9-11-27(12-10-26)35(21-23-5-2-1-3-6-23)22-24-7-4-14-32-20-24/h4,7-12,14,19-20,23H,1-3,5-6,13,15-18,21-22H2. The van der Waals surface area contributed by atoms with Gasteiger partial charge in [-0.25, -0.2) is 0 Å². The number of amides is 1.